The zero-order valence-corrected chi connectivity index (χ0v) is 17.9. The van der Waals surface area contributed by atoms with Gasteiger partial charge in [-0.1, -0.05) is 6.92 Å². The van der Waals surface area contributed by atoms with Crippen molar-refractivity contribution in [1.29, 1.82) is 0 Å². The lowest BCUT2D eigenvalue weighted by molar-refractivity contribution is 0.00578. The van der Waals surface area contributed by atoms with E-state index in [0.717, 1.165) is 23.3 Å². The molecule has 1 aromatic heterocycles. The number of amides is 1. The van der Waals surface area contributed by atoms with Crippen LogP contribution in [0.2, 0.25) is 0 Å². The number of aryl methyl sites for hydroxylation is 1. The molecule has 27 heavy (non-hydrogen) atoms. The van der Waals surface area contributed by atoms with Crippen LogP contribution in [0.4, 0.5) is 4.79 Å². The highest BCUT2D eigenvalue weighted by molar-refractivity contribution is 6.63. The number of fused-ring (bicyclic) bond motifs is 1. The largest absolute Gasteiger partial charge is 0.498 e. The number of rotatable bonds is 2. The number of hydrogen-bond donors (Lipinski definition) is 0. The first-order valence-corrected chi connectivity index (χ1v) is 9.76. The van der Waals surface area contributed by atoms with Crippen LogP contribution in [0.25, 0.3) is 0 Å². The fourth-order valence-electron chi connectivity index (χ4n) is 3.37. The van der Waals surface area contributed by atoms with E-state index in [2.05, 4.69) is 6.92 Å². The average molecular weight is 377 g/mol. The van der Waals surface area contributed by atoms with Gasteiger partial charge in [0, 0.05) is 12.0 Å². The number of aromatic nitrogens is 2. The maximum absolute atomic E-state index is 12.6. The first kappa shape index (κ1) is 20.2. The van der Waals surface area contributed by atoms with Gasteiger partial charge < -0.3 is 18.9 Å². The summed E-state index contributed by atoms with van der Waals surface area (Å²) in [6, 6.07) is 0. The normalized spacial score (nSPS) is 21.3. The second-order valence-corrected chi connectivity index (χ2v) is 9.37. The lowest BCUT2D eigenvalue weighted by Crippen LogP contribution is -2.45. The molecular formula is C19H32BN3O4. The molecule has 1 saturated heterocycles. The van der Waals surface area contributed by atoms with Gasteiger partial charge in [-0.15, -0.1) is 0 Å². The molecule has 3 rings (SSSR count). The first-order chi connectivity index (χ1) is 12.3. The summed E-state index contributed by atoms with van der Waals surface area (Å²) >= 11 is 0. The van der Waals surface area contributed by atoms with Crippen LogP contribution < -0.4 is 5.46 Å². The van der Waals surface area contributed by atoms with Gasteiger partial charge >= 0.3 is 13.2 Å². The SMILES string of the molecule is CCc1nn2c(c1B1OC(C)(C)C(C)(C)O1)CN(C(=O)OC(C)(C)C)CC2. The van der Waals surface area contributed by atoms with E-state index in [1.165, 1.54) is 0 Å². The maximum atomic E-state index is 12.6. The Balaban J connectivity index is 1.90. The average Bonchev–Trinajstić information content (AvgIpc) is 2.98. The van der Waals surface area contributed by atoms with Gasteiger partial charge in [0.05, 0.1) is 35.7 Å². The lowest BCUT2D eigenvalue weighted by Gasteiger charge is -2.32. The summed E-state index contributed by atoms with van der Waals surface area (Å²) < 4.78 is 20.1. The summed E-state index contributed by atoms with van der Waals surface area (Å²) in [4.78, 5) is 14.3. The predicted molar refractivity (Wildman–Crippen MR) is 104 cm³/mol. The van der Waals surface area contributed by atoms with Crippen LogP contribution in [-0.4, -0.2) is 51.2 Å². The molecule has 0 aliphatic carbocycles. The van der Waals surface area contributed by atoms with E-state index in [1.54, 1.807) is 4.90 Å². The van der Waals surface area contributed by atoms with E-state index in [0.29, 0.717) is 19.6 Å². The Hall–Kier alpha value is -1.54. The predicted octanol–water partition coefficient (Wildman–Crippen LogP) is 2.50. The van der Waals surface area contributed by atoms with E-state index < -0.39 is 23.9 Å². The third-order valence-corrected chi connectivity index (χ3v) is 5.57. The standard InChI is InChI=1S/C19H32BN3O4/c1-9-13-15(20-26-18(5,6)19(7,8)27-20)14-12-22(10-11-23(14)21-13)16(24)25-17(2,3)4/h9-12H2,1-8H3. The molecule has 1 amide bonds. The third kappa shape index (κ3) is 3.74. The molecule has 7 nitrogen and oxygen atoms in total. The van der Waals surface area contributed by atoms with Gasteiger partial charge in [0.2, 0.25) is 0 Å². The molecule has 0 spiro atoms. The van der Waals surface area contributed by atoms with Crippen molar-refractivity contribution in [1.82, 2.24) is 14.7 Å². The number of carbonyl (C=O) groups is 1. The van der Waals surface area contributed by atoms with Crippen LogP contribution in [0.15, 0.2) is 0 Å². The van der Waals surface area contributed by atoms with E-state index in [4.69, 9.17) is 19.1 Å². The summed E-state index contributed by atoms with van der Waals surface area (Å²) in [5.41, 5.74) is 1.55. The number of ether oxygens (including phenoxy) is 1. The van der Waals surface area contributed by atoms with Crippen molar-refractivity contribution in [3.8, 4) is 0 Å². The summed E-state index contributed by atoms with van der Waals surface area (Å²) in [7, 11) is -0.479. The topological polar surface area (TPSA) is 65.8 Å². The Morgan fingerprint density at radius 2 is 1.78 bits per heavy atom. The van der Waals surface area contributed by atoms with Crippen molar-refractivity contribution in [2.45, 2.75) is 91.7 Å². The Morgan fingerprint density at radius 3 is 2.30 bits per heavy atom. The fourth-order valence-corrected chi connectivity index (χ4v) is 3.37. The minimum absolute atomic E-state index is 0.298. The van der Waals surface area contributed by atoms with Gasteiger partial charge in [-0.05, 0) is 54.9 Å². The Labute approximate surface area is 162 Å². The van der Waals surface area contributed by atoms with Gasteiger partial charge in [0.25, 0.3) is 0 Å². The van der Waals surface area contributed by atoms with Gasteiger partial charge in [0.1, 0.15) is 5.60 Å². The summed E-state index contributed by atoms with van der Waals surface area (Å²) in [6.07, 6.45) is 0.485. The monoisotopic (exact) mass is 377 g/mol. The molecule has 0 N–H and O–H groups in total. The highest BCUT2D eigenvalue weighted by Crippen LogP contribution is 2.37. The zero-order chi connectivity index (χ0) is 20.2. The van der Waals surface area contributed by atoms with E-state index in [1.807, 2.05) is 53.1 Å². The summed E-state index contributed by atoms with van der Waals surface area (Å²) in [6.45, 7) is 17.6. The minimum Gasteiger partial charge on any atom is -0.444 e. The quantitative estimate of drug-likeness (QED) is 0.741. The van der Waals surface area contributed by atoms with Crippen molar-refractivity contribution in [3.05, 3.63) is 11.4 Å². The molecule has 0 atom stereocenters. The summed E-state index contributed by atoms with van der Waals surface area (Å²) in [5.74, 6) is 0. The molecule has 0 aromatic carbocycles. The van der Waals surface area contributed by atoms with Gasteiger partial charge in [-0.2, -0.15) is 5.10 Å². The van der Waals surface area contributed by atoms with E-state index in [9.17, 15) is 4.79 Å². The van der Waals surface area contributed by atoms with E-state index >= 15 is 0 Å². The second kappa shape index (κ2) is 6.52. The third-order valence-electron chi connectivity index (χ3n) is 5.57. The summed E-state index contributed by atoms with van der Waals surface area (Å²) in [5, 5.41) is 4.76. The van der Waals surface area contributed by atoms with Crippen molar-refractivity contribution in [3.63, 3.8) is 0 Å². The molecule has 1 aromatic rings. The van der Waals surface area contributed by atoms with Gasteiger partial charge in [-0.25, -0.2) is 4.79 Å². The van der Waals surface area contributed by atoms with Gasteiger partial charge in [-0.3, -0.25) is 4.68 Å². The highest BCUT2D eigenvalue weighted by Gasteiger charge is 2.53. The highest BCUT2D eigenvalue weighted by atomic mass is 16.7. The molecule has 2 aliphatic rings. The fraction of sp³-hybridized carbons (Fsp3) is 0.789. The molecule has 0 saturated carbocycles. The van der Waals surface area contributed by atoms with Crippen LogP contribution in [0.3, 0.4) is 0 Å². The Bertz CT molecular complexity index is 720. The molecular weight excluding hydrogens is 345 g/mol. The van der Waals surface area contributed by atoms with Crippen molar-refractivity contribution < 1.29 is 18.8 Å². The Morgan fingerprint density at radius 1 is 1.19 bits per heavy atom. The number of hydrogen-bond acceptors (Lipinski definition) is 5. The van der Waals surface area contributed by atoms with Gasteiger partial charge in [0.15, 0.2) is 0 Å². The molecule has 150 valence electrons. The minimum atomic E-state index is -0.516. The van der Waals surface area contributed by atoms with Crippen molar-refractivity contribution in [2.75, 3.05) is 6.54 Å². The smallest absolute Gasteiger partial charge is 0.444 e. The molecule has 0 unspecified atom stereocenters. The molecule has 0 bridgehead atoms. The molecule has 8 heteroatoms. The number of carbonyl (C=O) groups excluding carboxylic acids is 1. The van der Waals surface area contributed by atoms with Crippen LogP contribution in [0.1, 0.15) is 66.8 Å². The molecule has 2 aliphatic heterocycles. The van der Waals surface area contributed by atoms with Crippen molar-refractivity contribution >= 4 is 18.7 Å². The van der Waals surface area contributed by atoms with Crippen LogP contribution in [-0.2, 0) is 33.6 Å². The lowest BCUT2D eigenvalue weighted by atomic mass is 9.76. The Kier molecular flexibility index (Phi) is 4.88. The number of nitrogens with zero attached hydrogens (tertiary/aromatic N) is 3. The van der Waals surface area contributed by atoms with Crippen LogP contribution >= 0.6 is 0 Å². The molecule has 3 heterocycles. The van der Waals surface area contributed by atoms with E-state index in [-0.39, 0.29) is 6.09 Å². The van der Waals surface area contributed by atoms with Crippen LogP contribution in [0, 0.1) is 0 Å². The zero-order valence-electron chi connectivity index (χ0n) is 17.9. The molecule has 1 fully saturated rings. The van der Waals surface area contributed by atoms with Crippen LogP contribution in [0.5, 0.6) is 0 Å². The van der Waals surface area contributed by atoms with Crippen molar-refractivity contribution in [2.24, 2.45) is 0 Å². The second-order valence-electron chi connectivity index (χ2n) is 9.37. The first-order valence-electron chi connectivity index (χ1n) is 9.76. The molecule has 0 radical (unpaired) electrons. The maximum Gasteiger partial charge on any atom is 0.498 e.